The first kappa shape index (κ1) is 29.1. The minimum Gasteiger partial charge on any atom is -0.481 e. The Labute approximate surface area is 226 Å². The number of rotatable bonds is 9. The van der Waals surface area contributed by atoms with Gasteiger partial charge in [0, 0.05) is 27.3 Å². The van der Waals surface area contributed by atoms with E-state index in [2.05, 4.69) is 127 Å². The smallest absolute Gasteiger partial charge is 0.300 e. The van der Waals surface area contributed by atoms with Gasteiger partial charge in [0.25, 0.3) is 5.97 Å². The van der Waals surface area contributed by atoms with Crippen molar-refractivity contribution < 1.29 is 30.3 Å². The molecule has 0 aliphatic carbocycles. The predicted molar refractivity (Wildman–Crippen MR) is 150 cm³/mol. The first-order valence-electron chi connectivity index (χ1n) is 11.4. The molecule has 0 bridgehead atoms. The van der Waals surface area contributed by atoms with Crippen molar-refractivity contribution in [2.75, 3.05) is 6.16 Å². The summed E-state index contributed by atoms with van der Waals surface area (Å²) in [6.45, 7) is 1.08. The Morgan fingerprint density at radius 1 is 0.657 bits per heavy atom. The van der Waals surface area contributed by atoms with Crippen LogP contribution in [0, 0.1) is 6.16 Å². The van der Waals surface area contributed by atoms with Crippen LogP contribution in [0.4, 0.5) is 0 Å². The van der Waals surface area contributed by atoms with E-state index in [0.29, 0.717) is 0 Å². The summed E-state index contributed by atoms with van der Waals surface area (Å²) in [5.74, 6) is -0.833. The number of carbonyl (C=O) groups is 1. The molecular formula is C30H31O2P2Pd-. The van der Waals surface area contributed by atoms with Crippen LogP contribution < -0.4 is 21.2 Å². The maximum Gasteiger partial charge on any atom is 0.300 e. The maximum absolute atomic E-state index is 9.00. The average Bonchev–Trinajstić information content (AvgIpc) is 2.88. The topological polar surface area (TPSA) is 37.3 Å². The summed E-state index contributed by atoms with van der Waals surface area (Å²) in [5, 5.41) is 13.2. The maximum atomic E-state index is 9.00. The van der Waals surface area contributed by atoms with Gasteiger partial charge in [-0.15, -0.1) is 0 Å². The van der Waals surface area contributed by atoms with Crippen molar-refractivity contribution in [3.63, 3.8) is 0 Å². The Hall–Kier alpha value is -2.13. The molecule has 0 unspecified atom stereocenters. The van der Waals surface area contributed by atoms with Crippen LogP contribution in [0.3, 0.4) is 0 Å². The van der Waals surface area contributed by atoms with Crippen LogP contribution in [0.25, 0.3) is 0 Å². The fourth-order valence-electron chi connectivity index (χ4n) is 3.63. The Balaban J connectivity index is 0.000000804. The van der Waals surface area contributed by atoms with Crippen molar-refractivity contribution in [2.24, 2.45) is 0 Å². The third kappa shape index (κ3) is 10.2. The largest absolute Gasteiger partial charge is 0.481 e. The molecule has 5 heteroatoms. The van der Waals surface area contributed by atoms with Crippen molar-refractivity contribution in [2.45, 2.75) is 19.8 Å². The minimum atomic E-state index is -0.833. The van der Waals surface area contributed by atoms with Crippen LogP contribution in [-0.2, 0) is 25.2 Å². The van der Waals surface area contributed by atoms with Gasteiger partial charge in [-0.2, -0.15) is 6.42 Å². The van der Waals surface area contributed by atoms with Crippen LogP contribution in [0.5, 0.6) is 0 Å². The predicted octanol–water partition coefficient (Wildman–Crippen LogP) is 6.28. The van der Waals surface area contributed by atoms with Crippen LogP contribution in [0.2, 0.25) is 0 Å². The molecule has 0 amide bonds. The normalized spacial score (nSPS) is 10.3. The van der Waals surface area contributed by atoms with Crippen LogP contribution >= 0.6 is 15.8 Å². The molecule has 0 aromatic heterocycles. The number of benzene rings is 4. The summed E-state index contributed by atoms with van der Waals surface area (Å²) >= 11 is 0. The van der Waals surface area contributed by atoms with E-state index in [1.165, 1.54) is 33.8 Å². The molecule has 0 aliphatic rings. The number of carboxylic acid groups (broad SMARTS) is 1. The zero-order valence-electron chi connectivity index (χ0n) is 19.8. The molecule has 35 heavy (non-hydrogen) atoms. The molecule has 4 aromatic rings. The Bertz CT molecular complexity index is 926. The van der Waals surface area contributed by atoms with Gasteiger partial charge in [0.15, 0.2) is 0 Å². The van der Waals surface area contributed by atoms with E-state index in [0.717, 1.165) is 13.3 Å². The molecule has 4 rings (SSSR count). The molecule has 0 atom stereocenters. The Morgan fingerprint density at radius 2 is 0.971 bits per heavy atom. The number of hydrogen-bond donors (Lipinski definition) is 1. The van der Waals surface area contributed by atoms with Gasteiger partial charge in [0.2, 0.25) is 0 Å². The zero-order valence-corrected chi connectivity index (χ0v) is 23.2. The summed E-state index contributed by atoms with van der Waals surface area (Å²) in [5.41, 5.74) is 0. The van der Waals surface area contributed by atoms with Crippen LogP contribution in [-0.4, -0.2) is 17.2 Å². The number of hydrogen-bond acceptors (Lipinski definition) is 1. The first-order chi connectivity index (χ1) is 16.6. The molecule has 0 saturated carbocycles. The van der Waals surface area contributed by atoms with Gasteiger partial charge in [-0.1, -0.05) is 138 Å². The van der Waals surface area contributed by atoms with E-state index in [1.54, 1.807) is 0 Å². The molecular weight excluding hydrogens is 561 g/mol. The van der Waals surface area contributed by atoms with Crippen LogP contribution in [0.15, 0.2) is 121 Å². The SMILES string of the molecule is CC(=O)O.[Pd].c1ccc(P([CH-]CCCP(c2ccccc2)c2ccccc2)c2ccccc2)cc1. The molecule has 184 valence electrons. The molecule has 0 saturated heterocycles. The van der Waals surface area contributed by atoms with Crippen molar-refractivity contribution in [3.05, 3.63) is 127 Å². The van der Waals surface area contributed by atoms with Gasteiger partial charge in [0.1, 0.15) is 0 Å². The van der Waals surface area contributed by atoms with E-state index in [1.807, 2.05) is 0 Å². The van der Waals surface area contributed by atoms with Gasteiger partial charge in [0.05, 0.1) is 0 Å². The van der Waals surface area contributed by atoms with Gasteiger partial charge in [-0.25, -0.2) is 7.92 Å². The standard InChI is InChI=1S/C28H27P2.C2H4O2.Pd/c1-5-15-25(16-6-1)29(26-17-7-2-8-18-26)23-13-14-24-30(27-19-9-3-10-20-27)28-21-11-4-12-22-28;1-2(3)4;/h1-12,15-23H,13-14,24H2;1H3,(H,3,4);/q-1;;. The average molecular weight is 592 g/mol. The monoisotopic (exact) mass is 591 g/mol. The summed E-state index contributed by atoms with van der Waals surface area (Å²) in [6, 6.07) is 44.0. The van der Waals surface area contributed by atoms with Crippen molar-refractivity contribution in [1.29, 1.82) is 0 Å². The third-order valence-corrected chi connectivity index (χ3v) is 10.0. The summed E-state index contributed by atoms with van der Waals surface area (Å²) < 4.78 is 0. The third-order valence-electron chi connectivity index (χ3n) is 5.10. The summed E-state index contributed by atoms with van der Waals surface area (Å²) in [6.07, 6.45) is 6.16. The van der Waals surface area contributed by atoms with Crippen molar-refractivity contribution in [1.82, 2.24) is 0 Å². The van der Waals surface area contributed by atoms with Gasteiger partial charge in [-0.05, 0) is 24.7 Å². The molecule has 1 N–H and O–H groups in total. The van der Waals surface area contributed by atoms with Gasteiger partial charge >= 0.3 is 0 Å². The summed E-state index contributed by atoms with van der Waals surface area (Å²) in [7, 11) is -0.711. The number of aliphatic carboxylic acids is 1. The van der Waals surface area contributed by atoms with Crippen molar-refractivity contribution in [3.8, 4) is 0 Å². The Morgan fingerprint density at radius 3 is 1.31 bits per heavy atom. The first-order valence-corrected chi connectivity index (χ1v) is 14.4. The fourth-order valence-corrected chi connectivity index (χ4v) is 8.15. The van der Waals surface area contributed by atoms with Gasteiger partial charge in [-0.3, -0.25) is 11.0 Å². The Kier molecular flexibility index (Phi) is 13.7. The molecule has 2 nitrogen and oxygen atoms in total. The second-order valence-corrected chi connectivity index (χ2v) is 12.2. The quantitative estimate of drug-likeness (QED) is 0.108. The molecule has 0 aliphatic heterocycles. The molecule has 0 fully saturated rings. The van der Waals surface area contributed by atoms with E-state index in [4.69, 9.17) is 9.90 Å². The number of carboxylic acids is 1. The molecule has 4 aromatic carbocycles. The second-order valence-electron chi connectivity index (χ2n) is 7.71. The van der Waals surface area contributed by atoms with Crippen molar-refractivity contribution >= 4 is 43.0 Å². The van der Waals surface area contributed by atoms with Gasteiger partial charge < -0.3 is 5.11 Å². The van der Waals surface area contributed by atoms with E-state index >= 15 is 0 Å². The fraction of sp³-hybridized carbons (Fsp3) is 0.133. The van der Waals surface area contributed by atoms with Crippen LogP contribution in [0.1, 0.15) is 19.8 Å². The molecule has 0 spiro atoms. The minimum absolute atomic E-state index is 0. The zero-order chi connectivity index (χ0) is 24.0. The molecule has 0 radical (unpaired) electrons. The second kappa shape index (κ2) is 16.5. The number of unbranched alkanes of at least 4 members (excludes halogenated alkanes) is 1. The van der Waals surface area contributed by atoms with E-state index in [9.17, 15) is 0 Å². The molecule has 0 heterocycles. The van der Waals surface area contributed by atoms with E-state index in [-0.39, 0.29) is 28.3 Å². The summed E-state index contributed by atoms with van der Waals surface area (Å²) in [4.78, 5) is 9.00. The van der Waals surface area contributed by atoms with E-state index < -0.39 is 13.9 Å².